The highest BCUT2D eigenvalue weighted by Gasteiger charge is 2.24. The molecule has 1 amide bonds. The predicted octanol–water partition coefficient (Wildman–Crippen LogP) is 3.78. The highest BCUT2D eigenvalue weighted by molar-refractivity contribution is 5.92. The first-order chi connectivity index (χ1) is 18.5. The first-order valence-corrected chi connectivity index (χ1v) is 13.4. The molecular formula is C29H45N7O3. The number of aromatic nitrogens is 3. The molecule has 3 rings (SSSR count). The number of amides is 1. The molecule has 0 fully saturated rings. The van der Waals surface area contributed by atoms with Crippen LogP contribution in [-0.4, -0.2) is 102 Å². The second-order valence-corrected chi connectivity index (χ2v) is 10.1. The van der Waals surface area contributed by atoms with Crippen LogP contribution in [0.4, 0.5) is 5.69 Å². The molecule has 0 spiro atoms. The Morgan fingerprint density at radius 2 is 1.51 bits per heavy atom. The van der Waals surface area contributed by atoms with Crippen LogP contribution in [0.5, 0.6) is 11.5 Å². The summed E-state index contributed by atoms with van der Waals surface area (Å²) < 4.78 is 1.64. The summed E-state index contributed by atoms with van der Waals surface area (Å²) in [6.07, 6.45) is 0. The molecule has 1 heterocycles. The summed E-state index contributed by atoms with van der Waals surface area (Å²) >= 11 is 0. The first kappa shape index (κ1) is 31.6. The molecule has 0 aliphatic heterocycles. The van der Waals surface area contributed by atoms with E-state index >= 15 is 0 Å². The lowest BCUT2D eigenvalue weighted by Crippen LogP contribution is -2.33. The van der Waals surface area contributed by atoms with E-state index in [9.17, 15) is 15.0 Å². The van der Waals surface area contributed by atoms with E-state index in [1.807, 2.05) is 92.1 Å². The molecular weight excluding hydrogens is 494 g/mol. The molecule has 2 aromatic carbocycles. The summed E-state index contributed by atoms with van der Waals surface area (Å²) in [4.78, 5) is 19.4. The Morgan fingerprint density at radius 1 is 0.897 bits per heavy atom. The van der Waals surface area contributed by atoms with Crippen molar-refractivity contribution in [2.24, 2.45) is 0 Å². The maximum Gasteiger partial charge on any atom is 0.289 e. The molecule has 0 saturated carbocycles. The number of likely N-dealkylation sites (N-methyl/N-ethyl adjacent to an activating group) is 3. The maximum atomic E-state index is 13.1. The highest BCUT2D eigenvalue weighted by Crippen LogP contribution is 2.38. The fourth-order valence-corrected chi connectivity index (χ4v) is 3.89. The SMILES string of the molecule is CC.CC(C)c1cc(-c2nnc(C(=O)NCCN(C)C)n2-c2ccc(N(C)CCN(C)C)cc2)c(O)cc1O. The second-order valence-electron chi connectivity index (χ2n) is 10.1. The van der Waals surface area contributed by atoms with Gasteiger partial charge in [-0.1, -0.05) is 27.7 Å². The fourth-order valence-electron chi connectivity index (χ4n) is 3.89. The number of hydrogen-bond donors (Lipinski definition) is 3. The third-order valence-corrected chi connectivity index (χ3v) is 6.15. The number of carbonyl (C=O) groups is 1. The van der Waals surface area contributed by atoms with Crippen molar-refractivity contribution in [1.29, 1.82) is 0 Å². The zero-order valence-electron chi connectivity index (χ0n) is 24.9. The Bertz CT molecular complexity index is 1200. The molecule has 0 bridgehead atoms. The third-order valence-electron chi connectivity index (χ3n) is 6.15. The van der Waals surface area contributed by atoms with Crippen molar-refractivity contribution in [3.63, 3.8) is 0 Å². The van der Waals surface area contributed by atoms with Crippen LogP contribution >= 0.6 is 0 Å². The van der Waals surface area contributed by atoms with Gasteiger partial charge < -0.3 is 30.2 Å². The number of rotatable bonds is 11. The van der Waals surface area contributed by atoms with Gasteiger partial charge in [0.25, 0.3) is 5.91 Å². The average Bonchev–Trinajstić information content (AvgIpc) is 3.33. The molecule has 3 aromatic rings. The van der Waals surface area contributed by atoms with Gasteiger partial charge in [0.15, 0.2) is 5.82 Å². The number of benzene rings is 2. The molecule has 0 radical (unpaired) electrons. The minimum atomic E-state index is -0.366. The van der Waals surface area contributed by atoms with Crippen molar-refractivity contribution in [2.75, 3.05) is 66.3 Å². The zero-order chi connectivity index (χ0) is 29.3. The van der Waals surface area contributed by atoms with Gasteiger partial charge in [0.1, 0.15) is 11.5 Å². The van der Waals surface area contributed by atoms with E-state index in [-0.39, 0.29) is 29.1 Å². The van der Waals surface area contributed by atoms with Gasteiger partial charge in [-0.15, -0.1) is 10.2 Å². The normalized spacial score (nSPS) is 11.1. The van der Waals surface area contributed by atoms with Gasteiger partial charge in [-0.05, 0) is 70.0 Å². The lowest BCUT2D eigenvalue weighted by atomic mass is 9.98. The summed E-state index contributed by atoms with van der Waals surface area (Å²) in [5, 5.41) is 32.5. The Hall–Kier alpha value is -3.63. The minimum absolute atomic E-state index is 0.00841. The summed E-state index contributed by atoms with van der Waals surface area (Å²) in [6, 6.07) is 10.8. The summed E-state index contributed by atoms with van der Waals surface area (Å²) in [7, 11) is 9.99. The van der Waals surface area contributed by atoms with Gasteiger partial charge in [0.2, 0.25) is 5.82 Å². The van der Waals surface area contributed by atoms with Crippen LogP contribution in [0.3, 0.4) is 0 Å². The van der Waals surface area contributed by atoms with Crippen LogP contribution in [0.15, 0.2) is 36.4 Å². The molecule has 0 aliphatic carbocycles. The van der Waals surface area contributed by atoms with Crippen LogP contribution in [0, 0.1) is 0 Å². The molecule has 0 unspecified atom stereocenters. The fraction of sp³-hybridized carbons (Fsp3) is 0.483. The lowest BCUT2D eigenvalue weighted by molar-refractivity contribution is 0.0938. The van der Waals surface area contributed by atoms with Gasteiger partial charge >= 0.3 is 0 Å². The number of aromatic hydroxyl groups is 2. The number of nitrogens with one attached hydrogen (secondary N) is 1. The minimum Gasteiger partial charge on any atom is -0.508 e. The molecule has 10 heteroatoms. The molecule has 1 aromatic heterocycles. The van der Waals surface area contributed by atoms with Crippen LogP contribution in [0.1, 0.15) is 49.8 Å². The molecule has 3 N–H and O–H groups in total. The Morgan fingerprint density at radius 3 is 2.08 bits per heavy atom. The molecule has 0 saturated heterocycles. The summed E-state index contributed by atoms with van der Waals surface area (Å²) in [6.45, 7) is 10.8. The van der Waals surface area contributed by atoms with Crippen molar-refractivity contribution >= 4 is 11.6 Å². The van der Waals surface area contributed by atoms with E-state index in [1.54, 1.807) is 10.6 Å². The van der Waals surface area contributed by atoms with Crippen LogP contribution < -0.4 is 10.2 Å². The van der Waals surface area contributed by atoms with Crippen molar-refractivity contribution in [2.45, 2.75) is 33.6 Å². The molecule has 0 atom stereocenters. The molecule has 39 heavy (non-hydrogen) atoms. The first-order valence-electron chi connectivity index (χ1n) is 13.4. The van der Waals surface area contributed by atoms with Gasteiger partial charge in [0.05, 0.1) is 5.56 Å². The summed E-state index contributed by atoms with van der Waals surface area (Å²) in [5.74, 6) is -0.0622. The third kappa shape index (κ3) is 8.18. The van der Waals surface area contributed by atoms with Crippen molar-refractivity contribution < 1.29 is 15.0 Å². The number of hydrogen-bond acceptors (Lipinski definition) is 8. The quantitative estimate of drug-likeness (QED) is 0.338. The standard InChI is InChI=1S/C27H39N7O3.C2H6/c1-18(2)21-16-22(24(36)17-23(21)35)25-29-30-26(27(37)28-12-13-31(3)4)34(25)20-10-8-19(9-11-20)33(7)15-14-32(5)6;1-2/h8-11,16-18,35-36H,12-15H2,1-7H3,(H,28,37);1-2H3. The number of nitrogens with zero attached hydrogens (tertiary/aromatic N) is 6. The lowest BCUT2D eigenvalue weighted by Gasteiger charge is -2.22. The number of carbonyl (C=O) groups excluding carboxylic acids is 1. The second kappa shape index (κ2) is 14.5. The molecule has 0 aliphatic rings. The van der Waals surface area contributed by atoms with Gasteiger partial charge in [-0.2, -0.15) is 0 Å². The van der Waals surface area contributed by atoms with E-state index in [2.05, 4.69) is 25.3 Å². The van der Waals surface area contributed by atoms with Crippen molar-refractivity contribution in [3.8, 4) is 28.6 Å². The van der Waals surface area contributed by atoms with Gasteiger partial charge in [-0.3, -0.25) is 9.36 Å². The highest BCUT2D eigenvalue weighted by atomic mass is 16.3. The summed E-state index contributed by atoms with van der Waals surface area (Å²) in [5.41, 5.74) is 2.76. The van der Waals surface area contributed by atoms with Gasteiger partial charge in [-0.25, -0.2) is 0 Å². The Kier molecular flexibility index (Phi) is 11.7. The number of phenols is 2. The number of anilines is 1. The predicted molar refractivity (Wildman–Crippen MR) is 158 cm³/mol. The molecule has 10 nitrogen and oxygen atoms in total. The average molecular weight is 540 g/mol. The van der Waals surface area contributed by atoms with Gasteiger partial charge in [0, 0.05) is 50.7 Å². The van der Waals surface area contributed by atoms with E-state index in [4.69, 9.17) is 0 Å². The monoisotopic (exact) mass is 539 g/mol. The van der Waals surface area contributed by atoms with E-state index in [0.717, 1.165) is 18.8 Å². The van der Waals surface area contributed by atoms with Crippen LogP contribution in [0.25, 0.3) is 17.1 Å². The van der Waals surface area contributed by atoms with E-state index in [1.165, 1.54) is 6.07 Å². The Labute approximate surface area is 232 Å². The number of phenolic OH excluding ortho intramolecular Hbond substituents is 2. The Balaban J connectivity index is 0.00000260. The van der Waals surface area contributed by atoms with Crippen molar-refractivity contribution in [1.82, 2.24) is 29.9 Å². The maximum absolute atomic E-state index is 13.1. The zero-order valence-corrected chi connectivity index (χ0v) is 24.9. The topological polar surface area (TPSA) is 110 Å². The van der Waals surface area contributed by atoms with E-state index < -0.39 is 0 Å². The largest absolute Gasteiger partial charge is 0.508 e. The van der Waals surface area contributed by atoms with Crippen LogP contribution in [0.2, 0.25) is 0 Å². The van der Waals surface area contributed by atoms with Crippen molar-refractivity contribution in [3.05, 3.63) is 47.8 Å². The molecule has 214 valence electrons. The van der Waals surface area contributed by atoms with Crippen LogP contribution in [-0.2, 0) is 0 Å². The van der Waals surface area contributed by atoms with E-state index in [0.29, 0.717) is 35.7 Å². The smallest absolute Gasteiger partial charge is 0.289 e.